The fourth-order valence-electron chi connectivity index (χ4n) is 7.14. The third kappa shape index (κ3) is 16.8. The molecule has 0 aliphatic heterocycles. The Balaban J connectivity index is 1.63. The van der Waals surface area contributed by atoms with Gasteiger partial charge >= 0.3 is 35.8 Å². The summed E-state index contributed by atoms with van der Waals surface area (Å²) in [6.07, 6.45) is 9.40. The summed E-state index contributed by atoms with van der Waals surface area (Å²) >= 11 is 0. The number of carbonyl (C=O) groups is 6. The molecule has 0 aromatic heterocycles. The first-order chi connectivity index (χ1) is 32.1. The molecule has 1 aliphatic carbocycles. The predicted octanol–water partition coefficient (Wildman–Crippen LogP) is 8.44. The monoisotopic (exact) mass is 932 g/mol. The second-order valence-corrected chi connectivity index (χ2v) is 16.3. The van der Waals surface area contributed by atoms with E-state index in [9.17, 15) is 28.8 Å². The van der Waals surface area contributed by atoms with Gasteiger partial charge < -0.3 is 42.6 Å². The molecule has 16 heteroatoms. The van der Waals surface area contributed by atoms with Crippen LogP contribution in [0.3, 0.4) is 0 Å². The SMILES string of the molecule is C=C(C)C(=O)Oc1cc(-c2ccc(-c3ccc(C4CCC(CCCCC)CC4)cc3F)cc2)c(OC(=O)C(=C)C)cc1OCC(COC(=O)C(=O)OCCOC)COC(=O)C(=O)OCCOC. The number of unbranched alkanes of at least 4 members (excludes halogenated alkanes) is 2. The second kappa shape index (κ2) is 27.3. The van der Waals surface area contributed by atoms with Gasteiger partial charge in [0.25, 0.3) is 0 Å². The van der Waals surface area contributed by atoms with E-state index in [-0.39, 0.29) is 66.2 Å². The topological polar surface area (TPSA) is 185 Å². The summed E-state index contributed by atoms with van der Waals surface area (Å²) in [6, 6.07) is 14.9. The predicted molar refractivity (Wildman–Crippen MR) is 244 cm³/mol. The van der Waals surface area contributed by atoms with Gasteiger partial charge in [0.1, 0.15) is 38.0 Å². The zero-order valence-corrected chi connectivity index (χ0v) is 39.0. The minimum Gasteiger partial charge on any atom is -0.489 e. The van der Waals surface area contributed by atoms with Crippen molar-refractivity contribution in [3.63, 3.8) is 0 Å². The van der Waals surface area contributed by atoms with Crippen molar-refractivity contribution in [2.24, 2.45) is 11.8 Å². The van der Waals surface area contributed by atoms with Crippen molar-refractivity contribution in [2.45, 2.75) is 78.1 Å². The van der Waals surface area contributed by atoms with Crippen molar-refractivity contribution in [1.29, 1.82) is 0 Å². The van der Waals surface area contributed by atoms with Gasteiger partial charge in [-0.15, -0.1) is 0 Å². The average molecular weight is 933 g/mol. The zero-order valence-electron chi connectivity index (χ0n) is 39.0. The summed E-state index contributed by atoms with van der Waals surface area (Å²) in [5.41, 5.74) is 2.84. The van der Waals surface area contributed by atoms with Crippen LogP contribution >= 0.6 is 0 Å². The maximum Gasteiger partial charge on any atom is 0.417 e. The molecule has 0 spiro atoms. The maximum absolute atomic E-state index is 15.8. The Morgan fingerprint density at radius 2 is 1.12 bits per heavy atom. The van der Waals surface area contributed by atoms with Crippen molar-refractivity contribution < 1.29 is 75.8 Å². The summed E-state index contributed by atoms with van der Waals surface area (Å²) in [5, 5.41) is 0. The normalized spacial score (nSPS) is 14.4. The molecule has 1 saturated carbocycles. The van der Waals surface area contributed by atoms with Crippen LogP contribution in [0.25, 0.3) is 22.3 Å². The van der Waals surface area contributed by atoms with Crippen molar-refractivity contribution in [1.82, 2.24) is 0 Å². The number of benzene rings is 3. The lowest BCUT2D eigenvalue weighted by Gasteiger charge is -2.29. The molecule has 0 bridgehead atoms. The van der Waals surface area contributed by atoms with Crippen molar-refractivity contribution in [2.75, 3.05) is 60.5 Å². The molecular weight excluding hydrogens is 872 g/mol. The molecule has 0 unspecified atom stereocenters. The van der Waals surface area contributed by atoms with Crippen molar-refractivity contribution in [3.05, 3.63) is 90.3 Å². The first-order valence-corrected chi connectivity index (χ1v) is 22.3. The number of hydrogen-bond acceptors (Lipinski definition) is 15. The highest BCUT2D eigenvalue weighted by molar-refractivity contribution is 6.30. The number of ether oxygens (including phenoxy) is 9. The second-order valence-electron chi connectivity index (χ2n) is 16.3. The van der Waals surface area contributed by atoms with Gasteiger partial charge in [-0.2, -0.15) is 0 Å². The van der Waals surface area contributed by atoms with Crippen LogP contribution in [-0.4, -0.2) is 96.3 Å². The fraction of sp³-hybridized carbons (Fsp3) is 0.451. The Labute approximate surface area is 390 Å². The molecule has 0 N–H and O–H groups in total. The van der Waals surface area contributed by atoms with Gasteiger partial charge in [-0.25, -0.2) is 33.2 Å². The molecule has 362 valence electrons. The third-order valence-corrected chi connectivity index (χ3v) is 10.9. The maximum atomic E-state index is 15.8. The highest BCUT2D eigenvalue weighted by Crippen LogP contribution is 2.43. The van der Waals surface area contributed by atoms with E-state index in [1.54, 1.807) is 36.4 Å². The molecule has 3 aromatic rings. The molecule has 0 heterocycles. The zero-order chi connectivity index (χ0) is 48.9. The molecular formula is C51H61FO15. The number of rotatable bonds is 24. The molecule has 15 nitrogen and oxygen atoms in total. The molecule has 0 atom stereocenters. The number of halogens is 1. The van der Waals surface area contributed by atoms with E-state index in [1.165, 1.54) is 65.9 Å². The molecule has 0 amide bonds. The van der Waals surface area contributed by atoms with Crippen LogP contribution in [0.5, 0.6) is 17.2 Å². The van der Waals surface area contributed by atoms with Gasteiger partial charge in [-0.1, -0.05) is 82.2 Å². The highest BCUT2D eigenvalue weighted by atomic mass is 19.1. The van der Waals surface area contributed by atoms with Crippen LogP contribution in [0.2, 0.25) is 0 Å². The van der Waals surface area contributed by atoms with Crippen LogP contribution < -0.4 is 14.2 Å². The van der Waals surface area contributed by atoms with Gasteiger partial charge in [0.15, 0.2) is 11.5 Å². The van der Waals surface area contributed by atoms with E-state index < -0.39 is 61.6 Å². The largest absolute Gasteiger partial charge is 0.489 e. The Kier molecular flexibility index (Phi) is 21.7. The summed E-state index contributed by atoms with van der Waals surface area (Å²) in [4.78, 5) is 75.2. The van der Waals surface area contributed by atoms with Gasteiger partial charge in [0.05, 0.1) is 25.7 Å². The molecule has 0 radical (unpaired) electrons. The molecule has 1 aliphatic rings. The average Bonchev–Trinajstić information content (AvgIpc) is 3.31. The Bertz CT molecular complexity index is 2170. The van der Waals surface area contributed by atoms with Crippen LogP contribution in [0.1, 0.15) is 83.6 Å². The van der Waals surface area contributed by atoms with Crippen LogP contribution in [-0.2, 0) is 57.2 Å². The number of esters is 6. The van der Waals surface area contributed by atoms with E-state index in [2.05, 4.69) is 20.1 Å². The molecule has 67 heavy (non-hydrogen) atoms. The molecule has 1 fully saturated rings. The highest BCUT2D eigenvalue weighted by Gasteiger charge is 2.27. The number of hydrogen-bond donors (Lipinski definition) is 0. The Morgan fingerprint density at radius 3 is 1.63 bits per heavy atom. The quantitative estimate of drug-likeness (QED) is 0.0208. The lowest BCUT2D eigenvalue weighted by atomic mass is 9.77. The Hall–Kier alpha value is -6.39. The lowest BCUT2D eigenvalue weighted by Crippen LogP contribution is -2.31. The standard InChI is InChI=1S/C51H61FO15/c1-8-9-10-11-34-12-14-36(15-13-34)39-20-21-40(42(52)26-39)37-16-18-38(19-17-37)41-27-45(67-47(54)33(4)5)44(28-43(41)66-46(53)32(2)3)63-29-35(30-64-50(57)48(55)61-24-22-59-6)31-65-51(58)49(56)62-25-23-60-7/h16-21,26-28,34-36H,2,4,8-15,22-25,29-31H2,1,3,5-7H3. The van der Waals surface area contributed by atoms with Crippen LogP contribution in [0.4, 0.5) is 4.39 Å². The summed E-state index contributed by atoms with van der Waals surface area (Å²) < 4.78 is 62.7. The smallest absolute Gasteiger partial charge is 0.417 e. The molecule has 3 aromatic carbocycles. The fourth-order valence-corrected chi connectivity index (χ4v) is 7.14. The van der Waals surface area contributed by atoms with E-state index in [0.29, 0.717) is 22.6 Å². The number of carbonyl (C=O) groups excluding carboxylic acids is 6. The van der Waals surface area contributed by atoms with E-state index >= 15 is 4.39 Å². The van der Waals surface area contributed by atoms with Gasteiger partial charge in [-0.3, -0.25) is 0 Å². The van der Waals surface area contributed by atoms with Crippen molar-refractivity contribution in [3.8, 4) is 39.5 Å². The van der Waals surface area contributed by atoms with E-state index in [4.69, 9.17) is 42.6 Å². The van der Waals surface area contributed by atoms with Crippen LogP contribution in [0.15, 0.2) is 78.9 Å². The minimum absolute atomic E-state index is 0.0202. The summed E-state index contributed by atoms with van der Waals surface area (Å²) in [6.45, 7) is 10.3. The molecule has 4 rings (SSSR count). The Morgan fingerprint density at radius 1 is 0.597 bits per heavy atom. The third-order valence-electron chi connectivity index (χ3n) is 10.9. The van der Waals surface area contributed by atoms with Gasteiger partial charge in [-0.05, 0) is 80.2 Å². The van der Waals surface area contributed by atoms with E-state index in [0.717, 1.165) is 37.2 Å². The van der Waals surface area contributed by atoms with Gasteiger partial charge in [0.2, 0.25) is 0 Å². The van der Waals surface area contributed by atoms with Crippen molar-refractivity contribution >= 4 is 35.8 Å². The summed E-state index contributed by atoms with van der Waals surface area (Å²) in [5.74, 6) is -7.79. The number of methoxy groups -OCH3 is 2. The minimum atomic E-state index is -1.38. The first kappa shape index (κ1) is 53.2. The first-order valence-electron chi connectivity index (χ1n) is 22.3. The van der Waals surface area contributed by atoms with Gasteiger partial charge in [0, 0.05) is 42.6 Å². The summed E-state index contributed by atoms with van der Waals surface area (Å²) in [7, 11) is 2.74. The van der Waals surface area contributed by atoms with E-state index in [1.807, 2.05) is 6.07 Å². The molecule has 0 saturated heterocycles. The van der Waals surface area contributed by atoms with Crippen LogP contribution in [0, 0.1) is 17.7 Å². The lowest BCUT2D eigenvalue weighted by molar-refractivity contribution is -0.172.